The smallest absolute Gasteiger partial charge is 0.254 e. The van der Waals surface area contributed by atoms with E-state index in [1.165, 1.54) is 0 Å². The van der Waals surface area contributed by atoms with E-state index < -0.39 is 6.10 Å². The lowest BCUT2D eigenvalue weighted by Crippen LogP contribution is -2.27. The summed E-state index contributed by atoms with van der Waals surface area (Å²) in [5, 5.41) is 2.70. The molecule has 0 fully saturated rings. The summed E-state index contributed by atoms with van der Waals surface area (Å²) < 4.78 is 5.52. The molecule has 0 saturated carbocycles. The van der Waals surface area contributed by atoms with Crippen LogP contribution in [0.3, 0.4) is 0 Å². The van der Waals surface area contributed by atoms with Gasteiger partial charge < -0.3 is 10.1 Å². The molecule has 1 unspecified atom stereocenters. The van der Waals surface area contributed by atoms with Crippen molar-refractivity contribution in [1.29, 1.82) is 0 Å². The van der Waals surface area contributed by atoms with Crippen molar-refractivity contribution in [2.75, 3.05) is 5.32 Å². The van der Waals surface area contributed by atoms with Gasteiger partial charge in [-0.05, 0) is 24.6 Å². The van der Waals surface area contributed by atoms with Gasteiger partial charge in [0.1, 0.15) is 11.9 Å². The predicted molar refractivity (Wildman–Crippen MR) is 73.6 cm³/mol. The fourth-order valence-corrected chi connectivity index (χ4v) is 1.54. The topological polar surface area (TPSA) is 51.2 Å². The Balaban J connectivity index is 1.83. The van der Waals surface area contributed by atoms with E-state index in [-0.39, 0.29) is 5.91 Å². The number of pyridine rings is 1. The molecule has 1 aromatic carbocycles. The number of carbonyl (C=O) groups excluding carboxylic acids is 1. The lowest BCUT2D eigenvalue weighted by molar-refractivity contribution is -0.127. The zero-order valence-corrected chi connectivity index (χ0v) is 10.7. The van der Waals surface area contributed by atoms with Crippen LogP contribution < -0.4 is 5.32 Å². The largest absolute Gasteiger partial charge is 0.364 e. The molecule has 4 nitrogen and oxygen atoms in total. The lowest BCUT2D eigenvalue weighted by Gasteiger charge is -2.12. The molecular formula is C15H16N2O2. The maximum absolute atomic E-state index is 11.9. The maximum atomic E-state index is 11.9. The van der Waals surface area contributed by atoms with Crippen molar-refractivity contribution in [3.63, 3.8) is 0 Å². The number of carbonyl (C=O) groups is 1. The summed E-state index contributed by atoms with van der Waals surface area (Å²) in [6.07, 6.45) is 1.10. The molecule has 0 aliphatic rings. The number of nitrogens with one attached hydrogen (secondary N) is 1. The molecule has 1 heterocycles. The van der Waals surface area contributed by atoms with Crippen LogP contribution in [0.5, 0.6) is 0 Å². The van der Waals surface area contributed by atoms with Gasteiger partial charge in [0.25, 0.3) is 5.91 Å². The number of nitrogens with zero attached hydrogens (tertiary/aromatic N) is 1. The van der Waals surface area contributed by atoms with E-state index in [0.717, 1.165) is 5.56 Å². The van der Waals surface area contributed by atoms with Crippen LogP contribution in [-0.4, -0.2) is 17.0 Å². The zero-order chi connectivity index (χ0) is 13.5. The summed E-state index contributed by atoms with van der Waals surface area (Å²) in [4.78, 5) is 15.9. The second kappa shape index (κ2) is 6.66. The number of ether oxygens (including phenoxy) is 1. The first-order valence-electron chi connectivity index (χ1n) is 6.13. The Kier molecular flexibility index (Phi) is 4.64. The van der Waals surface area contributed by atoms with Crippen molar-refractivity contribution in [3.05, 3.63) is 60.3 Å². The third-order valence-electron chi connectivity index (χ3n) is 2.63. The fourth-order valence-electron chi connectivity index (χ4n) is 1.54. The van der Waals surface area contributed by atoms with E-state index in [1.807, 2.05) is 36.4 Å². The first-order chi connectivity index (χ1) is 9.25. The Labute approximate surface area is 112 Å². The Morgan fingerprint density at radius 2 is 1.95 bits per heavy atom. The molecule has 1 atom stereocenters. The highest BCUT2D eigenvalue weighted by Gasteiger charge is 2.13. The van der Waals surface area contributed by atoms with E-state index in [0.29, 0.717) is 12.4 Å². The van der Waals surface area contributed by atoms with Crippen molar-refractivity contribution in [3.8, 4) is 0 Å². The van der Waals surface area contributed by atoms with Crippen molar-refractivity contribution < 1.29 is 9.53 Å². The van der Waals surface area contributed by atoms with Gasteiger partial charge in [0.15, 0.2) is 0 Å². The van der Waals surface area contributed by atoms with E-state index in [9.17, 15) is 4.79 Å². The van der Waals surface area contributed by atoms with Gasteiger partial charge in [0.05, 0.1) is 6.61 Å². The molecule has 0 saturated heterocycles. The molecule has 0 aliphatic carbocycles. The molecule has 2 rings (SSSR count). The molecule has 0 spiro atoms. The summed E-state index contributed by atoms with van der Waals surface area (Å²) in [6, 6.07) is 15.1. The highest BCUT2D eigenvalue weighted by molar-refractivity contribution is 5.92. The molecule has 19 heavy (non-hydrogen) atoms. The van der Waals surface area contributed by atoms with E-state index >= 15 is 0 Å². The van der Waals surface area contributed by atoms with Gasteiger partial charge in [0.2, 0.25) is 0 Å². The van der Waals surface area contributed by atoms with Crippen LogP contribution in [0.2, 0.25) is 0 Å². The Hall–Kier alpha value is -2.20. The van der Waals surface area contributed by atoms with Gasteiger partial charge in [0, 0.05) is 6.20 Å². The van der Waals surface area contributed by atoms with Gasteiger partial charge >= 0.3 is 0 Å². The molecule has 4 heteroatoms. The molecule has 0 aliphatic heterocycles. The summed E-state index contributed by atoms with van der Waals surface area (Å²) in [5.41, 5.74) is 1.04. The average Bonchev–Trinajstić information content (AvgIpc) is 2.47. The van der Waals surface area contributed by atoms with Gasteiger partial charge in [-0.15, -0.1) is 0 Å². The van der Waals surface area contributed by atoms with Crippen molar-refractivity contribution in [1.82, 2.24) is 4.98 Å². The van der Waals surface area contributed by atoms with Crippen molar-refractivity contribution in [2.45, 2.75) is 19.6 Å². The molecule has 1 N–H and O–H groups in total. The van der Waals surface area contributed by atoms with Gasteiger partial charge in [-0.2, -0.15) is 0 Å². The van der Waals surface area contributed by atoms with Crippen LogP contribution in [0.1, 0.15) is 12.5 Å². The van der Waals surface area contributed by atoms with Gasteiger partial charge in [-0.3, -0.25) is 4.79 Å². The monoisotopic (exact) mass is 256 g/mol. The number of aromatic nitrogens is 1. The second-order valence-corrected chi connectivity index (χ2v) is 4.14. The normalized spacial score (nSPS) is 11.8. The molecular weight excluding hydrogens is 240 g/mol. The van der Waals surface area contributed by atoms with Gasteiger partial charge in [-0.1, -0.05) is 36.4 Å². The Bertz CT molecular complexity index is 514. The summed E-state index contributed by atoms with van der Waals surface area (Å²) >= 11 is 0. The number of anilines is 1. The molecule has 0 radical (unpaired) electrons. The van der Waals surface area contributed by atoms with Crippen molar-refractivity contribution >= 4 is 11.7 Å². The summed E-state index contributed by atoms with van der Waals surface area (Å²) in [6.45, 7) is 2.14. The van der Waals surface area contributed by atoms with Crippen LogP contribution in [0.4, 0.5) is 5.82 Å². The summed E-state index contributed by atoms with van der Waals surface area (Å²) in [7, 11) is 0. The number of rotatable bonds is 5. The number of benzene rings is 1. The van der Waals surface area contributed by atoms with E-state index in [2.05, 4.69) is 10.3 Å². The third kappa shape index (κ3) is 4.19. The highest BCUT2D eigenvalue weighted by Crippen LogP contribution is 2.06. The number of hydrogen-bond acceptors (Lipinski definition) is 3. The Morgan fingerprint density at radius 1 is 1.21 bits per heavy atom. The number of hydrogen-bond donors (Lipinski definition) is 1. The first kappa shape index (κ1) is 13.2. The van der Waals surface area contributed by atoms with Crippen LogP contribution in [0.25, 0.3) is 0 Å². The fraction of sp³-hybridized carbons (Fsp3) is 0.200. The standard InChI is InChI=1S/C15H16N2O2/c1-12(19-11-13-7-3-2-4-8-13)15(18)17-14-9-5-6-10-16-14/h2-10,12H,11H2,1H3,(H,16,17,18). The minimum absolute atomic E-state index is 0.199. The van der Waals surface area contributed by atoms with E-state index in [1.54, 1.807) is 25.3 Å². The first-order valence-corrected chi connectivity index (χ1v) is 6.13. The maximum Gasteiger partial charge on any atom is 0.254 e. The lowest BCUT2D eigenvalue weighted by atomic mass is 10.2. The summed E-state index contributed by atoms with van der Waals surface area (Å²) in [5.74, 6) is 0.331. The number of amides is 1. The van der Waals surface area contributed by atoms with Gasteiger partial charge in [-0.25, -0.2) is 4.98 Å². The minimum Gasteiger partial charge on any atom is -0.364 e. The van der Waals surface area contributed by atoms with Crippen molar-refractivity contribution in [2.24, 2.45) is 0 Å². The van der Waals surface area contributed by atoms with Crippen LogP contribution in [0, 0.1) is 0 Å². The molecule has 1 aromatic heterocycles. The second-order valence-electron chi connectivity index (χ2n) is 4.14. The quantitative estimate of drug-likeness (QED) is 0.894. The minimum atomic E-state index is -0.526. The highest BCUT2D eigenvalue weighted by atomic mass is 16.5. The molecule has 98 valence electrons. The Morgan fingerprint density at radius 3 is 2.63 bits per heavy atom. The molecule has 2 aromatic rings. The van der Waals surface area contributed by atoms with Crippen LogP contribution >= 0.6 is 0 Å². The molecule has 0 bridgehead atoms. The SMILES string of the molecule is CC(OCc1ccccc1)C(=O)Nc1ccccn1. The zero-order valence-electron chi connectivity index (χ0n) is 10.7. The third-order valence-corrected chi connectivity index (χ3v) is 2.63. The van der Waals surface area contributed by atoms with Crippen LogP contribution in [0.15, 0.2) is 54.7 Å². The van der Waals surface area contributed by atoms with E-state index in [4.69, 9.17) is 4.74 Å². The predicted octanol–water partition coefficient (Wildman–Crippen LogP) is 2.63. The van der Waals surface area contributed by atoms with Crippen LogP contribution in [-0.2, 0) is 16.1 Å². The molecule has 1 amide bonds. The average molecular weight is 256 g/mol.